The lowest BCUT2D eigenvalue weighted by Crippen LogP contribution is -2.49. The third kappa shape index (κ3) is 4.70. The molecule has 1 aromatic carbocycles. The zero-order chi connectivity index (χ0) is 23.5. The largest absolute Gasteiger partial charge is 0.490 e. The summed E-state index contributed by atoms with van der Waals surface area (Å²) in [5.41, 5.74) is 0.915. The third-order valence-electron chi connectivity index (χ3n) is 5.39. The number of imide groups is 1. The van der Waals surface area contributed by atoms with Crippen LogP contribution >= 0.6 is 0 Å². The van der Waals surface area contributed by atoms with Crippen LogP contribution in [0.2, 0.25) is 0 Å². The summed E-state index contributed by atoms with van der Waals surface area (Å²) in [5.74, 6) is -0.604. The summed E-state index contributed by atoms with van der Waals surface area (Å²) in [6, 6.07) is 6.34. The normalized spacial score (nSPS) is 21.8. The Morgan fingerprint density at radius 3 is 2.53 bits per heavy atom. The van der Waals surface area contributed by atoms with Crippen LogP contribution in [0, 0.1) is 11.3 Å². The first kappa shape index (κ1) is 23.5. The Balaban J connectivity index is 2.04. The van der Waals surface area contributed by atoms with Crippen molar-refractivity contribution < 1.29 is 27.5 Å². The molecule has 0 saturated carbocycles. The molecule has 0 N–H and O–H groups in total. The minimum atomic E-state index is -3.33. The van der Waals surface area contributed by atoms with E-state index in [4.69, 9.17) is 9.47 Å². The molecule has 2 aliphatic rings. The van der Waals surface area contributed by atoms with E-state index < -0.39 is 27.7 Å². The average molecular weight is 459 g/mol. The zero-order valence-corrected chi connectivity index (χ0v) is 19.2. The van der Waals surface area contributed by atoms with Gasteiger partial charge in [0.2, 0.25) is 0 Å². The third-order valence-corrected chi connectivity index (χ3v) is 7.14. The Morgan fingerprint density at radius 1 is 1.19 bits per heavy atom. The minimum absolute atomic E-state index is 0.0880. The summed E-state index contributed by atoms with van der Waals surface area (Å²) in [6.07, 6.45) is 2.60. The molecule has 1 atom stereocenters. The van der Waals surface area contributed by atoms with Crippen molar-refractivity contribution in [2.24, 2.45) is 0 Å². The van der Waals surface area contributed by atoms with Gasteiger partial charge in [-0.25, -0.2) is 8.42 Å². The van der Waals surface area contributed by atoms with Gasteiger partial charge in [0.1, 0.15) is 11.6 Å². The fourth-order valence-electron chi connectivity index (χ4n) is 3.79. The van der Waals surface area contributed by atoms with Crippen LogP contribution in [-0.4, -0.2) is 55.9 Å². The van der Waals surface area contributed by atoms with E-state index in [0.717, 1.165) is 11.3 Å². The lowest BCUT2D eigenvalue weighted by Gasteiger charge is -2.31. The van der Waals surface area contributed by atoms with Gasteiger partial charge in [0, 0.05) is 5.57 Å². The number of ether oxygens (including phenoxy) is 2. The minimum Gasteiger partial charge on any atom is -0.490 e. The SMILES string of the molecule is CCCOc1ccc(/C=C2\C(=O)N([C@@H]3CCS(=O)(=O)C3)C(=O)C(C#N)=C2C)cc1OCC. The van der Waals surface area contributed by atoms with Crippen molar-refractivity contribution in [3.63, 3.8) is 0 Å². The molecule has 9 heteroatoms. The number of carbonyl (C=O) groups is 2. The molecule has 0 bridgehead atoms. The number of amides is 2. The van der Waals surface area contributed by atoms with Gasteiger partial charge >= 0.3 is 0 Å². The number of rotatable bonds is 7. The molecule has 0 aromatic heterocycles. The van der Waals surface area contributed by atoms with Crippen molar-refractivity contribution in [3.8, 4) is 17.6 Å². The van der Waals surface area contributed by atoms with Gasteiger partial charge in [-0.05, 0) is 56.0 Å². The van der Waals surface area contributed by atoms with E-state index in [2.05, 4.69) is 0 Å². The summed E-state index contributed by atoms with van der Waals surface area (Å²) in [5, 5.41) is 9.55. The van der Waals surface area contributed by atoms with Gasteiger partial charge in [-0.1, -0.05) is 13.0 Å². The second-order valence-corrected chi connectivity index (χ2v) is 9.92. The number of carbonyl (C=O) groups excluding carboxylic acids is 2. The lowest BCUT2D eigenvalue weighted by atomic mass is 9.92. The molecular formula is C23H26N2O6S. The Hall–Kier alpha value is -3.12. The summed E-state index contributed by atoms with van der Waals surface area (Å²) < 4.78 is 35.2. The predicted octanol–water partition coefficient (Wildman–Crippen LogP) is 2.65. The maximum atomic E-state index is 13.3. The average Bonchev–Trinajstić information content (AvgIpc) is 3.10. The Kier molecular flexibility index (Phi) is 7.04. The molecule has 3 rings (SSSR count). The number of hydrogen-bond acceptors (Lipinski definition) is 7. The number of hydrogen-bond donors (Lipinski definition) is 0. The molecule has 1 fully saturated rings. The highest BCUT2D eigenvalue weighted by Crippen LogP contribution is 2.33. The molecule has 1 saturated heterocycles. The van der Waals surface area contributed by atoms with Crippen LogP contribution in [0.25, 0.3) is 6.08 Å². The molecule has 2 amide bonds. The van der Waals surface area contributed by atoms with Gasteiger partial charge in [-0.15, -0.1) is 0 Å². The smallest absolute Gasteiger partial charge is 0.271 e. The Labute approximate surface area is 188 Å². The molecule has 0 unspecified atom stereocenters. The number of nitrogens with zero attached hydrogens (tertiary/aromatic N) is 2. The molecular weight excluding hydrogens is 432 g/mol. The lowest BCUT2D eigenvalue weighted by molar-refractivity contribution is -0.142. The molecule has 1 aromatic rings. The van der Waals surface area contributed by atoms with E-state index in [9.17, 15) is 23.3 Å². The van der Waals surface area contributed by atoms with E-state index in [-0.39, 0.29) is 34.6 Å². The molecule has 8 nitrogen and oxygen atoms in total. The van der Waals surface area contributed by atoms with Crippen LogP contribution in [0.15, 0.2) is 34.9 Å². The molecule has 32 heavy (non-hydrogen) atoms. The fraction of sp³-hybridized carbons (Fsp3) is 0.435. The summed E-state index contributed by atoms with van der Waals surface area (Å²) >= 11 is 0. The molecule has 0 aliphatic carbocycles. The predicted molar refractivity (Wildman–Crippen MR) is 119 cm³/mol. The Morgan fingerprint density at radius 2 is 1.94 bits per heavy atom. The first-order chi connectivity index (χ1) is 15.2. The first-order valence-corrected chi connectivity index (χ1v) is 12.4. The second kappa shape index (κ2) is 9.57. The molecule has 170 valence electrons. The van der Waals surface area contributed by atoms with Gasteiger partial charge in [0.15, 0.2) is 21.3 Å². The maximum absolute atomic E-state index is 13.3. The van der Waals surface area contributed by atoms with Crippen molar-refractivity contribution in [2.45, 2.75) is 39.7 Å². The standard InChI is InChI=1S/C23H26N2O6S/c1-4-9-31-20-7-6-16(12-21(20)30-5-2)11-18-15(3)19(13-24)23(27)25(22(18)26)17-8-10-32(28,29)14-17/h6-7,11-12,17H,4-5,8-10,14H2,1-3H3/b18-11-/t17-/m1/s1. The van der Waals surface area contributed by atoms with Crippen molar-refractivity contribution in [2.75, 3.05) is 24.7 Å². The number of nitriles is 1. The first-order valence-electron chi connectivity index (χ1n) is 10.5. The van der Waals surface area contributed by atoms with Gasteiger partial charge in [0.25, 0.3) is 11.8 Å². The van der Waals surface area contributed by atoms with Crippen LogP contribution in [0.1, 0.15) is 39.2 Å². The Bertz CT molecular complexity index is 1140. The fourth-order valence-corrected chi connectivity index (χ4v) is 5.49. The monoisotopic (exact) mass is 458 g/mol. The topological polar surface area (TPSA) is 114 Å². The van der Waals surface area contributed by atoms with Crippen molar-refractivity contribution in [1.29, 1.82) is 5.26 Å². The van der Waals surface area contributed by atoms with E-state index in [1.807, 2.05) is 19.9 Å². The van der Waals surface area contributed by atoms with Crippen LogP contribution < -0.4 is 9.47 Å². The molecule has 0 radical (unpaired) electrons. The van der Waals surface area contributed by atoms with Gasteiger partial charge < -0.3 is 9.47 Å². The van der Waals surface area contributed by atoms with Crippen LogP contribution in [-0.2, 0) is 19.4 Å². The van der Waals surface area contributed by atoms with Crippen molar-refractivity contribution >= 4 is 27.7 Å². The second-order valence-electron chi connectivity index (χ2n) is 7.69. The molecule has 2 aliphatic heterocycles. The highest BCUT2D eigenvalue weighted by Gasteiger charge is 2.43. The van der Waals surface area contributed by atoms with Gasteiger partial charge in [0.05, 0.1) is 30.8 Å². The molecule has 2 heterocycles. The van der Waals surface area contributed by atoms with Crippen molar-refractivity contribution in [1.82, 2.24) is 4.90 Å². The van der Waals surface area contributed by atoms with Crippen LogP contribution in [0.3, 0.4) is 0 Å². The van der Waals surface area contributed by atoms with E-state index in [1.165, 1.54) is 0 Å². The van der Waals surface area contributed by atoms with Crippen molar-refractivity contribution in [3.05, 3.63) is 40.5 Å². The van der Waals surface area contributed by atoms with Gasteiger partial charge in [-0.2, -0.15) is 5.26 Å². The van der Waals surface area contributed by atoms with E-state index in [1.54, 1.807) is 31.2 Å². The van der Waals surface area contributed by atoms with Gasteiger partial charge in [-0.3, -0.25) is 14.5 Å². The summed E-state index contributed by atoms with van der Waals surface area (Å²) in [4.78, 5) is 27.0. The highest BCUT2D eigenvalue weighted by atomic mass is 32.2. The molecule has 0 spiro atoms. The zero-order valence-electron chi connectivity index (χ0n) is 18.4. The highest BCUT2D eigenvalue weighted by molar-refractivity contribution is 7.91. The van der Waals surface area contributed by atoms with Crippen LogP contribution in [0.4, 0.5) is 0 Å². The number of sulfone groups is 1. The van der Waals surface area contributed by atoms with E-state index in [0.29, 0.717) is 30.3 Å². The summed E-state index contributed by atoms with van der Waals surface area (Å²) in [7, 11) is -3.33. The number of benzene rings is 1. The summed E-state index contributed by atoms with van der Waals surface area (Å²) in [6.45, 7) is 6.36. The van der Waals surface area contributed by atoms with Crippen LogP contribution in [0.5, 0.6) is 11.5 Å². The van der Waals surface area contributed by atoms with E-state index >= 15 is 0 Å². The maximum Gasteiger partial charge on any atom is 0.271 e. The quantitative estimate of drug-likeness (QED) is 0.456.